The average molecular weight is 386 g/mol. The van der Waals surface area contributed by atoms with E-state index in [9.17, 15) is 0 Å². The number of aromatic nitrogens is 4. The molecule has 7 heteroatoms. The van der Waals surface area contributed by atoms with Gasteiger partial charge in [0.1, 0.15) is 10.0 Å². The summed E-state index contributed by atoms with van der Waals surface area (Å²) in [4.78, 5) is 8.47. The smallest absolute Gasteiger partial charge is 0.168 e. The molecule has 4 rings (SSSR count). The van der Waals surface area contributed by atoms with Crippen molar-refractivity contribution in [1.29, 1.82) is 0 Å². The second kappa shape index (κ2) is 4.88. The van der Waals surface area contributed by atoms with Crippen LogP contribution in [0.4, 0.5) is 0 Å². The first-order chi connectivity index (χ1) is 9.77. The van der Waals surface area contributed by atoms with Crippen LogP contribution in [0.5, 0.6) is 0 Å². The van der Waals surface area contributed by atoms with Gasteiger partial charge in [-0.3, -0.25) is 0 Å². The van der Waals surface area contributed by atoms with Gasteiger partial charge in [0.15, 0.2) is 11.4 Å². The Hall–Kier alpha value is -0.800. The predicted molar refractivity (Wildman–Crippen MR) is 80.2 cm³/mol. The van der Waals surface area contributed by atoms with Crippen molar-refractivity contribution >= 4 is 33.6 Å². The molecule has 0 N–H and O–H groups in total. The summed E-state index contributed by atoms with van der Waals surface area (Å²) in [5, 5.41) is 5.68. The Morgan fingerprint density at radius 3 is 2.75 bits per heavy atom. The van der Waals surface area contributed by atoms with Crippen molar-refractivity contribution in [3.63, 3.8) is 0 Å². The van der Waals surface area contributed by atoms with Crippen LogP contribution in [0.1, 0.15) is 31.7 Å². The summed E-state index contributed by atoms with van der Waals surface area (Å²) in [5.41, 5.74) is 0.929. The molecule has 106 valence electrons. The number of ether oxygens (including phenoxy) is 2. The summed E-state index contributed by atoms with van der Waals surface area (Å²) >= 11 is 2.25. The lowest BCUT2D eigenvalue weighted by molar-refractivity contribution is -0.181. The van der Waals surface area contributed by atoms with E-state index in [1.165, 1.54) is 0 Å². The molecule has 2 aromatic rings. The maximum Gasteiger partial charge on any atom is 0.168 e. The van der Waals surface area contributed by atoms with Gasteiger partial charge in [-0.1, -0.05) is 0 Å². The molecular formula is C13H15IN4O2. The van der Waals surface area contributed by atoms with Crippen molar-refractivity contribution in [2.45, 2.75) is 37.5 Å². The Morgan fingerprint density at radius 1 is 1.25 bits per heavy atom. The Labute approximate surface area is 130 Å². The van der Waals surface area contributed by atoms with Crippen molar-refractivity contribution in [2.24, 2.45) is 0 Å². The van der Waals surface area contributed by atoms with Crippen LogP contribution in [-0.2, 0) is 9.47 Å². The largest absolute Gasteiger partial charge is 0.348 e. The highest BCUT2D eigenvalue weighted by Gasteiger charge is 2.41. The van der Waals surface area contributed by atoms with Gasteiger partial charge < -0.3 is 9.47 Å². The predicted octanol–water partition coefficient (Wildman–Crippen LogP) is 2.29. The lowest BCUT2D eigenvalue weighted by Gasteiger charge is -2.35. The standard InChI is InChI=1S/C13H15IN4O2/c14-11-10-7-15-8-16-12(10)18(17-11)9-1-3-13(4-2-9)19-5-6-20-13/h7-9H,1-6H2. The highest BCUT2D eigenvalue weighted by Crippen LogP contribution is 2.40. The van der Waals surface area contributed by atoms with E-state index >= 15 is 0 Å². The quantitative estimate of drug-likeness (QED) is 0.704. The van der Waals surface area contributed by atoms with E-state index in [0.29, 0.717) is 6.04 Å². The topological polar surface area (TPSA) is 62.1 Å². The number of rotatable bonds is 1. The fraction of sp³-hybridized carbons (Fsp3) is 0.615. The molecular weight excluding hydrogens is 371 g/mol. The van der Waals surface area contributed by atoms with E-state index in [2.05, 4.69) is 42.3 Å². The molecule has 20 heavy (non-hydrogen) atoms. The summed E-state index contributed by atoms with van der Waals surface area (Å²) in [6.07, 6.45) is 7.31. The van der Waals surface area contributed by atoms with Crippen molar-refractivity contribution < 1.29 is 9.47 Å². The Balaban J connectivity index is 1.61. The first-order valence-corrected chi connectivity index (χ1v) is 7.97. The lowest BCUT2D eigenvalue weighted by Crippen LogP contribution is -2.36. The first kappa shape index (κ1) is 12.9. The van der Waals surface area contributed by atoms with E-state index in [1.807, 2.05) is 6.20 Å². The zero-order valence-corrected chi connectivity index (χ0v) is 13.1. The van der Waals surface area contributed by atoms with Crippen LogP contribution in [0, 0.1) is 3.70 Å². The highest BCUT2D eigenvalue weighted by molar-refractivity contribution is 14.1. The van der Waals surface area contributed by atoms with Crippen LogP contribution < -0.4 is 0 Å². The number of fused-ring (bicyclic) bond motifs is 1. The normalized spacial score (nSPS) is 22.9. The molecule has 1 aliphatic heterocycles. The number of halogens is 1. The number of nitrogens with zero attached hydrogens (tertiary/aromatic N) is 4. The summed E-state index contributed by atoms with van der Waals surface area (Å²) in [6.45, 7) is 1.45. The third-order valence-corrected chi connectivity index (χ3v) is 5.00. The minimum atomic E-state index is -0.318. The van der Waals surface area contributed by atoms with Crippen LogP contribution in [-0.4, -0.2) is 38.7 Å². The molecule has 1 saturated heterocycles. The molecule has 0 aromatic carbocycles. The van der Waals surface area contributed by atoms with Gasteiger partial charge in [0.2, 0.25) is 0 Å². The van der Waals surface area contributed by atoms with Gasteiger partial charge in [-0.2, -0.15) is 5.10 Å². The van der Waals surface area contributed by atoms with Crippen LogP contribution in [0.2, 0.25) is 0 Å². The number of hydrogen-bond acceptors (Lipinski definition) is 5. The van der Waals surface area contributed by atoms with Crippen molar-refractivity contribution in [1.82, 2.24) is 19.7 Å². The van der Waals surface area contributed by atoms with Crippen molar-refractivity contribution in [3.8, 4) is 0 Å². The second-order valence-electron chi connectivity index (χ2n) is 5.33. The van der Waals surface area contributed by atoms with Crippen molar-refractivity contribution in [3.05, 3.63) is 16.2 Å². The minimum absolute atomic E-state index is 0.318. The molecule has 2 aliphatic rings. The molecule has 0 radical (unpaired) electrons. The molecule has 0 atom stereocenters. The van der Waals surface area contributed by atoms with E-state index in [4.69, 9.17) is 9.47 Å². The second-order valence-corrected chi connectivity index (χ2v) is 6.36. The lowest BCUT2D eigenvalue weighted by atomic mass is 9.90. The zero-order valence-electron chi connectivity index (χ0n) is 11.0. The van der Waals surface area contributed by atoms with Gasteiger partial charge in [-0.15, -0.1) is 0 Å². The van der Waals surface area contributed by atoms with Gasteiger partial charge in [-0.05, 0) is 35.4 Å². The molecule has 2 aromatic heterocycles. The van der Waals surface area contributed by atoms with Crippen LogP contribution in [0.25, 0.3) is 11.0 Å². The van der Waals surface area contributed by atoms with E-state index in [1.54, 1.807) is 6.33 Å². The summed E-state index contributed by atoms with van der Waals surface area (Å²) in [6, 6.07) is 0.370. The molecule has 0 bridgehead atoms. The van der Waals surface area contributed by atoms with Crippen LogP contribution in [0.15, 0.2) is 12.5 Å². The maximum absolute atomic E-state index is 5.78. The molecule has 1 aliphatic carbocycles. The minimum Gasteiger partial charge on any atom is -0.348 e. The van der Waals surface area contributed by atoms with Gasteiger partial charge >= 0.3 is 0 Å². The molecule has 1 spiro atoms. The fourth-order valence-electron chi connectivity index (χ4n) is 3.17. The van der Waals surface area contributed by atoms with Crippen LogP contribution >= 0.6 is 22.6 Å². The van der Waals surface area contributed by atoms with E-state index in [0.717, 1.165) is 53.6 Å². The summed E-state index contributed by atoms with van der Waals surface area (Å²) < 4.78 is 14.6. The van der Waals surface area contributed by atoms with Gasteiger partial charge in [0, 0.05) is 19.0 Å². The molecule has 1 saturated carbocycles. The molecule has 6 nitrogen and oxygen atoms in total. The van der Waals surface area contributed by atoms with Gasteiger partial charge in [0.25, 0.3) is 0 Å². The Kier molecular flexibility index (Phi) is 3.15. The first-order valence-electron chi connectivity index (χ1n) is 6.89. The van der Waals surface area contributed by atoms with Crippen LogP contribution in [0.3, 0.4) is 0 Å². The third-order valence-electron chi connectivity index (χ3n) is 4.20. The SMILES string of the molecule is Ic1nn(C2CCC3(CC2)OCCO3)c2ncncc12. The third kappa shape index (κ3) is 2.03. The van der Waals surface area contributed by atoms with E-state index < -0.39 is 0 Å². The zero-order chi connectivity index (χ0) is 13.6. The average Bonchev–Trinajstić information content (AvgIpc) is 3.07. The Bertz CT molecular complexity index is 628. The summed E-state index contributed by atoms with van der Waals surface area (Å²) in [7, 11) is 0. The van der Waals surface area contributed by atoms with Gasteiger partial charge in [-0.25, -0.2) is 14.6 Å². The fourth-order valence-corrected chi connectivity index (χ4v) is 3.79. The number of hydrogen-bond donors (Lipinski definition) is 0. The molecule has 0 unspecified atom stereocenters. The molecule has 3 heterocycles. The molecule has 2 fully saturated rings. The molecule has 0 amide bonds. The highest BCUT2D eigenvalue weighted by atomic mass is 127. The van der Waals surface area contributed by atoms with Crippen molar-refractivity contribution in [2.75, 3.05) is 13.2 Å². The summed E-state index contributed by atoms with van der Waals surface area (Å²) in [5.74, 6) is -0.318. The monoisotopic (exact) mass is 386 g/mol. The van der Waals surface area contributed by atoms with Gasteiger partial charge in [0.05, 0.1) is 24.6 Å². The Morgan fingerprint density at radius 2 is 2.00 bits per heavy atom. The van der Waals surface area contributed by atoms with E-state index in [-0.39, 0.29) is 5.79 Å². The maximum atomic E-state index is 5.78.